The van der Waals surface area contributed by atoms with Gasteiger partial charge in [0, 0.05) is 13.1 Å². The van der Waals surface area contributed by atoms with Gasteiger partial charge in [0.15, 0.2) is 0 Å². The summed E-state index contributed by atoms with van der Waals surface area (Å²) < 4.78 is 0. The van der Waals surface area contributed by atoms with Crippen molar-refractivity contribution in [2.24, 2.45) is 17.1 Å². The van der Waals surface area contributed by atoms with E-state index in [4.69, 9.17) is 5.73 Å². The van der Waals surface area contributed by atoms with Crippen molar-refractivity contribution in [2.45, 2.75) is 25.7 Å². The number of carbonyl (C=O) groups is 1. The van der Waals surface area contributed by atoms with E-state index in [1.165, 1.54) is 29.5 Å². The van der Waals surface area contributed by atoms with Crippen LogP contribution in [-0.4, -0.2) is 30.4 Å². The van der Waals surface area contributed by atoms with Gasteiger partial charge in [0.1, 0.15) is 0 Å². The normalized spacial score (nSPS) is 23.7. The molecule has 130 valence electrons. The second-order valence-corrected chi connectivity index (χ2v) is 7.81. The highest BCUT2D eigenvalue weighted by atomic mass is 16.1. The van der Waals surface area contributed by atoms with Crippen LogP contribution in [0, 0.1) is 11.3 Å². The van der Waals surface area contributed by atoms with Crippen LogP contribution < -0.4 is 5.73 Å². The molecule has 4 rings (SSSR count). The van der Waals surface area contributed by atoms with Gasteiger partial charge in [0.25, 0.3) is 0 Å². The summed E-state index contributed by atoms with van der Waals surface area (Å²) in [7, 11) is 0. The summed E-state index contributed by atoms with van der Waals surface area (Å²) in [5.74, 6) is 0.715. The average Bonchev–Trinajstić information content (AvgIpc) is 3.35. The Labute approximate surface area is 149 Å². The maximum atomic E-state index is 12.3. The highest BCUT2D eigenvalue weighted by Gasteiger charge is 2.44. The molecule has 1 saturated carbocycles. The first-order valence-corrected chi connectivity index (χ1v) is 9.31. The van der Waals surface area contributed by atoms with Gasteiger partial charge in [-0.05, 0) is 54.8 Å². The predicted octanol–water partition coefficient (Wildman–Crippen LogP) is 3.48. The van der Waals surface area contributed by atoms with Crippen molar-refractivity contribution in [3.63, 3.8) is 0 Å². The molecule has 0 bridgehead atoms. The summed E-state index contributed by atoms with van der Waals surface area (Å²) in [4.78, 5) is 14.7. The SMILES string of the molecule is NC(=O)C1(Cc2ccc(-c3ccccc3)cc2)CCN(CC2CC2)C1. The molecule has 1 saturated heterocycles. The van der Waals surface area contributed by atoms with Crippen LogP contribution in [0.5, 0.6) is 0 Å². The number of amides is 1. The molecule has 3 heteroatoms. The molecule has 1 heterocycles. The molecule has 2 fully saturated rings. The third-order valence-electron chi connectivity index (χ3n) is 5.77. The Morgan fingerprint density at radius 2 is 1.72 bits per heavy atom. The fourth-order valence-electron chi connectivity index (χ4n) is 4.05. The van der Waals surface area contributed by atoms with Crippen LogP contribution in [0.4, 0.5) is 0 Å². The average molecular weight is 334 g/mol. The fourth-order valence-corrected chi connectivity index (χ4v) is 4.05. The van der Waals surface area contributed by atoms with Gasteiger partial charge in [-0.25, -0.2) is 0 Å². The van der Waals surface area contributed by atoms with E-state index < -0.39 is 5.41 Å². The molecule has 2 N–H and O–H groups in total. The fraction of sp³-hybridized carbons (Fsp3) is 0.409. The third kappa shape index (κ3) is 3.62. The molecule has 1 aliphatic carbocycles. The van der Waals surface area contributed by atoms with Crippen molar-refractivity contribution in [1.82, 2.24) is 4.90 Å². The van der Waals surface area contributed by atoms with Crippen LogP contribution in [0.25, 0.3) is 11.1 Å². The molecule has 0 radical (unpaired) electrons. The molecule has 3 nitrogen and oxygen atoms in total. The van der Waals surface area contributed by atoms with Crippen molar-refractivity contribution in [3.05, 3.63) is 60.2 Å². The van der Waals surface area contributed by atoms with Gasteiger partial charge in [-0.3, -0.25) is 4.79 Å². The Morgan fingerprint density at radius 1 is 1.04 bits per heavy atom. The first-order valence-electron chi connectivity index (χ1n) is 9.31. The van der Waals surface area contributed by atoms with Gasteiger partial charge < -0.3 is 10.6 Å². The Kier molecular flexibility index (Phi) is 4.34. The lowest BCUT2D eigenvalue weighted by Gasteiger charge is -2.26. The molecule has 25 heavy (non-hydrogen) atoms. The van der Waals surface area contributed by atoms with Gasteiger partial charge >= 0.3 is 0 Å². The van der Waals surface area contributed by atoms with Crippen LogP contribution in [-0.2, 0) is 11.2 Å². The molecule has 0 aromatic heterocycles. The van der Waals surface area contributed by atoms with Gasteiger partial charge in [0.05, 0.1) is 5.41 Å². The minimum absolute atomic E-state index is 0.141. The lowest BCUT2D eigenvalue weighted by Crippen LogP contribution is -2.41. The van der Waals surface area contributed by atoms with Crippen LogP contribution >= 0.6 is 0 Å². The highest BCUT2D eigenvalue weighted by molar-refractivity contribution is 5.82. The Balaban J connectivity index is 1.48. The van der Waals surface area contributed by atoms with Crippen LogP contribution in [0.2, 0.25) is 0 Å². The summed E-state index contributed by atoms with van der Waals surface area (Å²) in [5, 5.41) is 0. The molecule has 2 aliphatic rings. The summed E-state index contributed by atoms with van der Waals surface area (Å²) in [6.45, 7) is 2.96. The molecule has 1 aliphatic heterocycles. The van der Waals surface area contributed by atoms with Crippen molar-refractivity contribution >= 4 is 5.91 Å². The predicted molar refractivity (Wildman–Crippen MR) is 101 cm³/mol. The van der Waals surface area contributed by atoms with E-state index in [2.05, 4.69) is 53.4 Å². The third-order valence-corrected chi connectivity index (χ3v) is 5.77. The van der Waals surface area contributed by atoms with E-state index in [-0.39, 0.29) is 5.91 Å². The number of hydrogen-bond acceptors (Lipinski definition) is 2. The van der Waals surface area contributed by atoms with Gasteiger partial charge in [0.2, 0.25) is 5.91 Å². The molecule has 2 aromatic carbocycles. The van der Waals surface area contributed by atoms with Crippen molar-refractivity contribution in [2.75, 3.05) is 19.6 Å². The number of rotatable bonds is 6. The summed E-state index contributed by atoms with van der Waals surface area (Å²) >= 11 is 0. The number of benzene rings is 2. The number of carbonyl (C=O) groups excluding carboxylic acids is 1. The minimum atomic E-state index is -0.400. The zero-order chi connectivity index (χ0) is 17.3. The van der Waals surface area contributed by atoms with E-state index in [1.807, 2.05) is 6.07 Å². The lowest BCUT2D eigenvalue weighted by atomic mass is 9.80. The monoisotopic (exact) mass is 334 g/mol. The van der Waals surface area contributed by atoms with Gasteiger partial charge in [-0.1, -0.05) is 54.6 Å². The summed E-state index contributed by atoms with van der Waals surface area (Å²) in [5.41, 5.74) is 9.07. The largest absolute Gasteiger partial charge is 0.369 e. The molecule has 1 amide bonds. The molecule has 1 atom stereocenters. The van der Waals surface area contributed by atoms with Crippen molar-refractivity contribution < 1.29 is 4.79 Å². The minimum Gasteiger partial charge on any atom is -0.369 e. The smallest absolute Gasteiger partial charge is 0.225 e. The van der Waals surface area contributed by atoms with Crippen molar-refractivity contribution in [1.29, 1.82) is 0 Å². The summed E-state index contributed by atoms with van der Waals surface area (Å²) in [6, 6.07) is 19.0. The van der Waals surface area contributed by atoms with E-state index in [0.29, 0.717) is 0 Å². The number of primary amides is 1. The Morgan fingerprint density at radius 3 is 2.36 bits per heavy atom. The topological polar surface area (TPSA) is 46.3 Å². The quantitative estimate of drug-likeness (QED) is 0.879. The number of hydrogen-bond donors (Lipinski definition) is 1. The van der Waals surface area contributed by atoms with E-state index in [1.54, 1.807) is 0 Å². The lowest BCUT2D eigenvalue weighted by molar-refractivity contribution is -0.127. The van der Waals surface area contributed by atoms with Crippen molar-refractivity contribution in [3.8, 4) is 11.1 Å². The van der Waals surface area contributed by atoms with Gasteiger partial charge in [-0.15, -0.1) is 0 Å². The first-order chi connectivity index (χ1) is 12.1. The van der Waals surface area contributed by atoms with E-state index >= 15 is 0 Å². The second kappa shape index (κ2) is 6.64. The standard InChI is InChI=1S/C22H26N2O/c23-21(25)22(12-13-24(16-22)15-18-6-7-18)14-17-8-10-20(11-9-17)19-4-2-1-3-5-19/h1-5,8-11,18H,6-7,12-16H2,(H2,23,25). The molecular weight excluding hydrogens is 308 g/mol. The van der Waals surface area contributed by atoms with E-state index in [0.717, 1.165) is 38.4 Å². The highest BCUT2D eigenvalue weighted by Crippen LogP contribution is 2.37. The zero-order valence-electron chi connectivity index (χ0n) is 14.7. The Bertz CT molecular complexity index is 736. The zero-order valence-corrected chi connectivity index (χ0v) is 14.7. The van der Waals surface area contributed by atoms with Crippen LogP contribution in [0.1, 0.15) is 24.8 Å². The second-order valence-electron chi connectivity index (χ2n) is 7.81. The molecular formula is C22H26N2O. The molecule has 1 unspecified atom stereocenters. The Hall–Kier alpha value is -2.13. The number of nitrogens with zero attached hydrogens (tertiary/aromatic N) is 1. The summed E-state index contributed by atoms with van der Waals surface area (Å²) in [6.07, 6.45) is 4.33. The van der Waals surface area contributed by atoms with Crippen LogP contribution in [0.15, 0.2) is 54.6 Å². The van der Waals surface area contributed by atoms with Gasteiger partial charge in [-0.2, -0.15) is 0 Å². The first kappa shape index (κ1) is 16.3. The maximum absolute atomic E-state index is 12.3. The molecule has 0 spiro atoms. The number of nitrogens with two attached hydrogens (primary N) is 1. The van der Waals surface area contributed by atoms with Crippen LogP contribution in [0.3, 0.4) is 0 Å². The molecule has 2 aromatic rings. The number of likely N-dealkylation sites (tertiary alicyclic amines) is 1. The van der Waals surface area contributed by atoms with E-state index in [9.17, 15) is 4.79 Å². The maximum Gasteiger partial charge on any atom is 0.225 e.